The highest BCUT2D eigenvalue weighted by molar-refractivity contribution is 5.76. The third kappa shape index (κ3) is 33.1. The minimum Gasteiger partial charge on any atom is -0.394 e. The van der Waals surface area contributed by atoms with Gasteiger partial charge in [-0.1, -0.05) is 256 Å². The van der Waals surface area contributed by atoms with Gasteiger partial charge >= 0.3 is 0 Å². The van der Waals surface area contributed by atoms with Gasteiger partial charge < -0.3 is 89.9 Å². The number of ether oxygens (including phenoxy) is 6. The van der Waals surface area contributed by atoms with Crippen LogP contribution in [0.4, 0.5) is 0 Å². The Kier molecular flexibility index (Phi) is 46.4. The van der Waals surface area contributed by atoms with E-state index in [0.717, 1.165) is 38.5 Å². The lowest BCUT2D eigenvalue weighted by Crippen LogP contribution is -2.66. The number of carbonyl (C=O) groups excluding carboxylic acids is 1. The fourth-order valence-electron chi connectivity index (χ4n) is 12.0. The van der Waals surface area contributed by atoms with Crippen LogP contribution < -0.4 is 5.32 Å². The van der Waals surface area contributed by atoms with E-state index in [2.05, 4.69) is 31.3 Å². The molecule has 3 aliphatic heterocycles. The van der Waals surface area contributed by atoms with Gasteiger partial charge in [-0.2, -0.15) is 0 Å². The van der Waals surface area contributed by atoms with Gasteiger partial charge in [0.05, 0.1) is 38.6 Å². The number of nitrogens with one attached hydrogen (secondary N) is 1. The highest BCUT2D eigenvalue weighted by Gasteiger charge is 2.53. The number of hydrogen-bond donors (Lipinski definition) is 12. The second kappa shape index (κ2) is 50.8. The molecule has 3 fully saturated rings. The van der Waals surface area contributed by atoms with Gasteiger partial charge in [-0.05, 0) is 32.1 Å². The van der Waals surface area contributed by atoms with Gasteiger partial charge in [-0.25, -0.2) is 0 Å². The maximum absolute atomic E-state index is 13.4. The monoisotopic (exact) mass is 1250 g/mol. The molecule has 17 atom stereocenters. The van der Waals surface area contributed by atoms with E-state index in [9.17, 15) is 61.0 Å². The average Bonchev–Trinajstić information content (AvgIpc) is 2.39. The summed E-state index contributed by atoms with van der Waals surface area (Å²) in [6.07, 6.45) is 30.2. The molecule has 0 aromatic rings. The van der Waals surface area contributed by atoms with Crippen LogP contribution >= 0.6 is 0 Å². The Labute approximate surface area is 524 Å². The van der Waals surface area contributed by atoms with Crippen molar-refractivity contribution in [3.8, 4) is 0 Å². The Morgan fingerprint density at radius 2 is 0.736 bits per heavy atom. The maximum Gasteiger partial charge on any atom is 0.220 e. The van der Waals surface area contributed by atoms with E-state index in [1.807, 2.05) is 6.08 Å². The first-order chi connectivity index (χ1) is 42.3. The second-order valence-electron chi connectivity index (χ2n) is 25.3. The van der Waals surface area contributed by atoms with Gasteiger partial charge in [0.15, 0.2) is 18.9 Å². The number of aliphatic hydroxyl groups excluding tert-OH is 11. The van der Waals surface area contributed by atoms with E-state index in [0.29, 0.717) is 12.8 Å². The van der Waals surface area contributed by atoms with Crippen molar-refractivity contribution in [2.75, 3.05) is 26.4 Å². The molecule has 19 nitrogen and oxygen atoms in total. The molecule has 3 saturated heterocycles. The Bertz CT molecular complexity index is 1680. The predicted octanol–water partition coefficient (Wildman–Crippen LogP) is 9.05. The molecule has 0 bridgehead atoms. The van der Waals surface area contributed by atoms with Gasteiger partial charge in [0.25, 0.3) is 0 Å². The summed E-state index contributed by atoms with van der Waals surface area (Å²) in [6, 6.07) is -0.986. The first-order valence-electron chi connectivity index (χ1n) is 35.1. The number of hydrogen-bond acceptors (Lipinski definition) is 18. The van der Waals surface area contributed by atoms with Gasteiger partial charge in [0, 0.05) is 6.42 Å². The van der Waals surface area contributed by atoms with E-state index in [4.69, 9.17) is 28.4 Å². The van der Waals surface area contributed by atoms with Crippen LogP contribution in [0.1, 0.15) is 271 Å². The molecule has 19 heteroatoms. The summed E-state index contributed by atoms with van der Waals surface area (Å²) >= 11 is 0. The third-order valence-electron chi connectivity index (χ3n) is 17.8. The smallest absolute Gasteiger partial charge is 0.220 e. The third-order valence-corrected chi connectivity index (χ3v) is 17.8. The summed E-state index contributed by atoms with van der Waals surface area (Å²) in [7, 11) is 0. The zero-order valence-electron chi connectivity index (χ0n) is 54.0. The van der Waals surface area contributed by atoms with Crippen molar-refractivity contribution in [2.45, 2.75) is 375 Å². The first kappa shape index (κ1) is 79.5. The number of carbonyl (C=O) groups is 1. The minimum absolute atomic E-state index is 0.241. The zero-order chi connectivity index (χ0) is 63.3. The predicted molar refractivity (Wildman–Crippen MR) is 337 cm³/mol. The topological polar surface area (TPSA) is 307 Å². The normalized spacial score (nSPS) is 28.7. The van der Waals surface area contributed by atoms with E-state index >= 15 is 0 Å². The molecule has 0 aliphatic carbocycles. The average molecular weight is 1250 g/mol. The molecule has 87 heavy (non-hydrogen) atoms. The van der Waals surface area contributed by atoms with Crippen molar-refractivity contribution >= 4 is 5.91 Å². The van der Waals surface area contributed by atoms with E-state index < -0.39 is 124 Å². The van der Waals surface area contributed by atoms with Crippen molar-refractivity contribution in [1.29, 1.82) is 0 Å². The lowest BCUT2D eigenvalue weighted by Gasteiger charge is -2.48. The summed E-state index contributed by atoms with van der Waals surface area (Å²) in [5, 5.41) is 120. The number of rotatable bonds is 54. The number of unbranched alkanes of at least 4 members (excludes halogenated alkanes) is 36. The maximum atomic E-state index is 13.4. The molecule has 3 heterocycles. The van der Waals surface area contributed by atoms with Crippen LogP contribution in [-0.4, -0.2) is 193 Å². The quantitative estimate of drug-likeness (QED) is 0.0200. The van der Waals surface area contributed by atoms with Crippen molar-refractivity contribution in [3.63, 3.8) is 0 Å². The van der Waals surface area contributed by atoms with Crippen LogP contribution in [0.2, 0.25) is 0 Å². The first-order valence-corrected chi connectivity index (χ1v) is 35.1. The van der Waals surface area contributed by atoms with Crippen molar-refractivity contribution in [3.05, 3.63) is 24.3 Å². The molecule has 3 aliphatic rings. The van der Waals surface area contributed by atoms with Crippen LogP contribution in [0.3, 0.4) is 0 Å². The van der Waals surface area contributed by atoms with Crippen LogP contribution in [-0.2, 0) is 33.2 Å². The summed E-state index contributed by atoms with van der Waals surface area (Å²) in [6.45, 7) is 1.74. The van der Waals surface area contributed by atoms with E-state index in [1.54, 1.807) is 6.08 Å². The second-order valence-corrected chi connectivity index (χ2v) is 25.3. The molecule has 3 rings (SSSR count). The van der Waals surface area contributed by atoms with Crippen LogP contribution in [0.25, 0.3) is 0 Å². The van der Waals surface area contributed by atoms with E-state index in [1.165, 1.54) is 199 Å². The molecular weight excluding hydrogens is 1120 g/mol. The van der Waals surface area contributed by atoms with Crippen molar-refractivity contribution in [2.24, 2.45) is 0 Å². The molecule has 0 spiro atoms. The van der Waals surface area contributed by atoms with Crippen molar-refractivity contribution in [1.82, 2.24) is 5.32 Å². The lowest BCUT2D eigenvalue weighted by atomic mass is 9.96. The lowest BCUT2D eigenvalue weighted by molar-refractivity contribution is -0.379. The largest absolute Gasteiger partial charge is 0.394 e. The molecule has 0 aromatic carbocycles. The fraction of sp³-hybridized carbons (Fsp3) is 0.926. The minimum atomic E-state index is -1.98. The number of amides is 1. The van der Waals surface area contributed by atoms with Crippen LogP contribution in [0, 0.1) is 0 Å². The summed E-state index contributed by atoms with van der Waals surface area (Å²) in [4.78, 5) is 13.4. The van der Waals surface area contributed by atoms with Gasteiger partial charge in [0.1, 0.15) is 73.2 Å². The Hall–Kier alpha value is -1.73. The SMILES string of the molecule is CCCCCCCCCCCCC/C=C/CC/C=C/C(O)C(COC1OC(CO)C(OC2OC(CO)C(OC3OC(CO)C(O)C(O)C3O)C(O)C2O)C(O)C1O)NC(=O)CCCCCCCCCCCCCCCCCCCCCCCCCCC. The van der Waals surface area contributed by atoms with Gasteiger partial charge in [0.2, 0.25) is 5.91 Å². The molecule has 0 radical (unpaired) electrons. The molecule has 512 valence electrons. The molecule has 12 N–H and O–H groups in total. The van der Waals surface area contributed by atoms with Gasteiger partial charge in [-0.3, -0.25) is 4.79 Å². The van der Waals surface area contributed by atoms with Crippen molar-refractivity contribution < 1.29 is 89.4 Å². The van der Waals surface area contributed by atoms with Gasteiger partial charge in [-0.15, -0.1) is 0 Å². The Morgan fingerprint density at radius 1 is 0.402 bits per heavy atom. The molecule has 1 amide bonds. The molecule has 0 aromatic heterocycles. The summed E-state index contributed by atoms with van der Waals surface area (Å²) in [5.74, 6) is -0.280. The van der Waals surface area contributed by atoms with Crippen LogP contribution in [0.5, 0.6) is 0 Å². The highest BCUT2D eigenvalue weighted by atomic mass is 16.8. The highest BCUT2D eigenvalue weighted by Crippen LogP contribution is 2.33. The molecule has 17 unspecified atom stereocenters. The standard InChI is InChI=1S/C68H127NO18/c1-3-5-7-9-11-13-15-17-19-21-22-23-24-25-26-27-28-30-32-34-36-38-40-42-44-46-56(74)69-51(52(73)45-43-41-39-37-35-33-31-29-20-18-16-14-12-10-8-6-4-2)50-82-66-62(80)59(77)64(54(48-71)84-66)87-68-63(81)60(78)65(55(49-72)85-68)86-67-61(79)58(76)57(75)53(47-70)83-67/h35,37,43,45,51-55,57-68,70-73,75-81H,3-34,36,38-42,44,46-50H2,1-2H3,(H,69,74)/b37-35+,45-43+. The Balaban J connectivity index is 1.43. The van der Waals surface area contributed by atoms with Crippen LogP contribution in [0.15, 0.2) is 24.3 Å². The Morgan fingerprint density at radius 3 is 1.15 bits per heavy atom. The molecular formula is C68H127NO18. The zero-order valence-corrected chi connectivity index (χ0v) is 54.0. The number of allylic oxidation sites excluding steroid dienone is 3. The summed E-state index contributed by atoms with van der Waals surface area (Å²) in [5.41, 5.74) is 0. The van der Waals surface area contributed by atoms with E-state index in [-0.39, 0.29) is 18.9 Å². The summed E-state index contributed by atoms with van der Waals surface area (Å²) < 4.78 is 34.3. The fourth-order valence-corrected chi connectivity index (χ4v) is 12.0. The number of aliphatic hydroxyl groups is 11. The molecule has 0 saturated carbocycles.